The summed E-state index contributed by atoms with van der Waals surface area (Å²) in [7, 11) is 0. The molecule has 2 nitrogen and oxygen atoms in total. The summed E-state index contributed by atoms with van der Waals surface area (Å²) in [6, 6.07) is 5.69. The first-order valence-electron chi connectivity index (χ1n) is 5.19. The topological polar surface area (TPSA) is 29.1 Å². The molecule has 0 radical (unpaired) electrons. The summed E-state index contributed by atoms with van der Waals surface area (Å²) < 4.78 is 1.00. The zero-order valence-electron chi connectivity index (χ0n) is 9.14. The zero-order valence-corrected chi connectivity index (χ0v) is 10.7. The highest BCUT2D eigenvalue weighted by Gasteiger charge is 2.07. The van der Waals surface area contributed by atoms with Gasteiger partial charge in [-0.2, -0.15) is 0 Å². The van der Waals surface area contributed by atoms with Crippen molar-refractivity contribution >= 4 is 21.8 Å². The fourth-order valence-corrected chi connectivity index (χ4v) is 1.83. The molecule has 0 atom stereocenters. The van der Waals surface area contributed by atoms with Gasteiger partial charge < -0.3 is 5.32 Å². The van der Waals surface area contributed by atoms with Gasteiger partial charge in [0.25, 0.3) is 5.91 Å². The molecule has 3 heteroatoms. The Hall–Kier alpha value is -0.830. The maximum atomic E-state index is 11.7. The zero-order chi connectivity index (χ0) is 11.3. The minimum atomic E-state index is 0.0217. The Bertz CT molecular complexity index is 349. The fourth-order valence-electron chi connectivity index (χ4n) is 1.36. The van der Waals surface area contributed by atoms with Crippen LogP contribution in [0.1, 0.15) is 35.7 Å². The number of nitrogens with one attached hydrogen (secondary N) is 1. The molecule has 1 N–H and O–H groups in total. The quantitative estimate of drug-likeness (QED) is 0.836. The first-order chi connectivity index (χ1) is 7.15. The van der Waals surface area contributed by atoms with Gasteiger partial charge in [-0.25, -0.2) is 0 Å². The number of aryl methyl sites for hydroxylation is 1. The summed E-state index contributed by atoms with van der Waals surface area (Å²) in [5, 5.41) is 2.91. The SMILES string of the molecule is CCCCNC(=O)c1ccc(Br)cc1C. The van der Waals surface area contributed by atoms with Crippen molar-refractivity contribution in [1.29, 1.82) is 0 Å². The normalized spacial score (nSPS) is 10.1. The van der Waals surface area contributed by atoms with E-state index in [1.165, 1.54) is 0 Å². The number of hydrogen-bond acceptors (Lipinski definition) is 1. The van der Waals surface area contributed by atoms with Crippen molar-refractivity contribution < 1.29 is 4.79 Å². The first-order valence-corrected chi connectivity index (χ1v) is 5.98. The lowest BCUT2D eigenvalue weighted by atomic mass is 10.1. The summed E-state index contributed by atoms with van der Waals surface area (Å²) >= 11 is 3.38. The van der Waals surface area contributed by atoms with Gasteiger partial charge in [0.05, 0.1) is 0 Å². The predicted molar refractivity (Wildman–Crippen MR) is 66.1 cm³/mol. The number of unbranched alkanes of at least 4 members (excludes halogenated alkanes) is 1. The van der Waals surface area contributed by atoms with Gasteiger partial charge in [-0.15, -0.1) is 0 Å². The van der Waals surface area contributed by atoms with Crippen molar-refractivity contribution in [3.05, 3.63) is 33.8 Å². The van der Waals surface area contributed by atoms with Crippen molar-refractivity contribution in [2.45, 2.75) is 26.7 Å². The molecule has 0 saturated heterocycles. The third kappa shape index (κ3) is 3.67. The molecule has 0 fully saturated rings. The lowest BCUT2D eigenvalue weighted by Gasteiger charge is -2.07. The standard InChI is InChI=1S/C12H16BrNO/c1-3-4-7-14-12(15)11-6-5-10(13)8-9(11)2/h5-6,8H,3-4,7H2,1-2H3,(H,14,15). The molecule has 0 aromatic heterocycles. The number of carbonyl (C=O) groups is 1. The van der Waals surface area contributed by atoms with Crippen LogP contribution in [-0.4, -0.2) is 12.5 Å². The molecular formula is C12H16BrNO. The van der Waals surface area contributed by atoms with Gasteiger partial charge in [0.15, 0.2) is 0 Å². The average molecular weight is 270 g/mol. The van der Waals surface area contributed by atoms with Crippen LogP contribution in [0, 0.1) is 6.92 Å². The summed E-state index contributed by atoms with van der Waals surface area (Å²) in [4.78, 5) is 11.7. The van der Waals surface area contributed by atoms with Gasteiger partial charge in [-0.3, -0.25) is 4.79 Å². The van der Waals surface area contributed by atoms with Crippen LogP contribution in [0.4, 0.5) is 0 Å². The number of halogens is 1. The molecule has 0 aliphatic rings. The van der Waals surface area contributed by atoms with Crippen LogP contribution in [0.2, 0.25) is 0 Å². The van der Waals surface area contributed by atoms with E-state index in [4.69, 9.17) is 0 Å². The maximum absolute atomic E-state index is 11.7. The molecule has 0 bridgehead atoms. The van der Waals surface area contributed by atoms with Crippen molar-refractivity contribution in [2.75, 3.05) is 6.54 Å². The van der Waals surface area contributed by atoms with Crippen molar-refractivity contribution in [1.82, 2.24) is 5.32 Å². The second-order valence-corrected chi connectivity index (χ2v) is 4.48. The minimum Gasteiger partial charge on any atom is -0.352 e. The van der Waals surface area contributed by atoms with Gasteiger partial charge in [-0.05, 0) is 37.1 Å². The van der Waals surface area contributed by atoms with Gasteiger partial charge >= 0.3 is 0 Å². The predicted octanol–water partition coefficient (Wildman–Crippen LogP) is 3.29. The Balaban J connectivity index is 2.65. The first kappa shape index (κ1) is 12.2. The second kappa shape index (κ2) is 5.91. The van der Waals surface area contributed by atoms with Crippen LogP contribution in [-0.2, 0) is 0 Å². The number of rotatable bonds is 4. The smallest absolute Gasteiger partial charge is 0.251 e. The van der Waals surface area contributed by atoms with Gasteiger partial charge in [0.2, 0.25) is 0 Å². The summed E-state index contributed by atoms with van der Waals surface area (Å²) in [5.41, 5.74) is 1.76. The Morgan fingerprint density at radius 2 is 2.20 bits per heavy atom. The molecule has 1 aromatic carbocycles. The van der Waals surface area contributed by atoms with E-state index < -0.39 is 0 Å². The van der Waals surface area contributed by atoms with Gasteiger partial charge in [0.1, 0.15) is 0 Å². The average Bonchev–Trinajstić information content (AvgIpc) is 2.17. The van der Waals surface area contributed by atoms with Crippen LogP contribution in [0.25, 0.3) is 0 Å². The molecule has 0 unspecified atom stereocenters. The Kier molecular flexibility index (Phi) is 4.82. The second-order valence-electron chi connectivity index (χ2n) is 3.57. The van der Waals surface area contributed by atoms with E-state index >= 15 is 0 Å². The molecule has 1 rings (SSSR count). The molecule has 0 saturated carbocycles. The van der Waals surface area contributed by atoms with E-state index in [2.05, 4.69) is 28.2 Å². The van der Waals surface area contributed by atoms with Crippen LogP contribution < -0.4 is 5.32 Å². The fraction of sp³-hybridized carbons (Fsp3) is 0.417. The summed E-state index contributed by atoms with van der Waals surface area (Å²) in [5.74, 6) is 0.0217. The van der Waals surface area contributed by atoms with E-state index in [9.17, 15) is 4.79 Å². The molecule has 0 spiro atoms. The van der Waals surface area contributed by atoms with E-state index in [1.807, 2.05) is 25.1 Å². The molecular weight excluding hydrogens is 254 g/mol. The van der Waals surface area contributed by atoms with E-state index in [-0.39, 0.29) is 5.91 Å². The highest BCUT2D eigenvalue weighted by Crippen LogP contribution is 2.15. The number of benzene rings is 1. The minimum absolute atomic E-state index is 0.0217. The Labute approximate surface area is 99.2 Å². The molecule has 1 aromatic rings. The maximum Gasteiger partial charge on any atom is 0.251 e. The monoisotopic (exact) mass is 269 g/mol. The highest BCUT2D eigenvalue weighted by atomic mass is 79.9. The molecule has 0 aliphatic heterocycles. The van der Waals surface area contributed by atoms with Crippen molar-refractivity contribution in [3.8, 4) is 0 Å². The van der Waals surface area contributed by atoms with E-state index in [1.54, 1.807) is 0 Å². The van der Waals surface area contributed by atoms with Gasteiger partial charge in [-0.1, -0.05) is 29.3 Å². The lowest BCUT2D eigenvalue weighted by Crippen LogP contribution is -2.25. The van der Waals surface area contributed by atoms with Crippen LogP contribution in [0.15, 0.2) is 22.7 Å². The Morgan fingerprint density at radius 3 is 2.80 bits per heavy atom. The largest absolute Gasteiger partial charge is 0.352 e. The van der Waals surface area contributed by atoms with E-state index in [0.717, 1.165) is 35.0 Å². The Morgan fingerprint density at radius 1 is 1.47 bits per heavy atom. The molecule has 0 heterocycles. The molecule has 15 heavy (non-hydrogen) atoms. The molecule has 1 amide bonds. The lowest BCUT2D eigenvalue weighted by molar-refractivity contribution is 0.0952. The van der Waals surface area contributed by atoms with Crippen LogP contribution in [0.5, 0.6) is 0 Å². The van der Waals surface area contributed by atoms with Crippen LogP contribution >= 0.6 is 15.9 Å². The van der Waals surface area contributed by atoms with Crippen molar-refractivity contribution in [2.24, 2.45) is 0 Å². The summed E-state index contributed by atoms with van der Waals surface area (Å²) in [6.45, 7) is 4.81. The third-order valence-electron chi connectivity index (χ3n) is 2.25. The van der Waals surface area contributed by atoms with E-state index in [0.29, 0.717) is 0 Å². The molecule has 82 valence electrons. The van der Waals surface area contributed by atoms with Crippen molar-refractivity contribution in [3.63, 3.8) is 0 Å². The van der Waals surface area contributed by atoms with Crippen LogP contribution in [0.3, 0.4) is 0 Å². The number of hydrogen-bond donors (Lipinski definition) is 1. The third-order valence-corrected chi connectivity index (χ3v) is 2.74. The molecule has 0 aliphatic carbocycles. The van der Waals surface area contributed by atoms with Gasteiger partial charge in [0, 0.05) is 16.6 Å². The summed E-state index contributed by atoms with van der Waals surface area (Å²) in [6.07, 6.45) is 2.13. The number of carbonyl (C=O) groups excluding carboxylic acids is 1. The number of amides is 1. The highest BCUT2D eigenvalue weighted by molar-refractivity contribution is 9.10.